The second-order valence-corrected chi connectivity index (χ2v) is 3.47. The molecule has 6 heteroatoms. The predicted octanol–water partition coefficient (Wildman–Crippen LogP) is 1.91. The highest BCUT2D eigenvalue weighted by molar-refractivity contribution is 8.12. The quantitative estimate of drug-likeness (QED) is 0.612. The lowest BCUT2D eigenvalue weighted by Gasteiger charge is -1.99. The van der Waals surface area contributed by atoms with Crippen LogP contribution in [0.4, 0.5) is 10.5 Å². The average Bonchev–Trinajstić information content (AvgIpc) is 2.15. The number of carbonyl (C=O) groups is 1. The number of hydrogen-bond acceptors (Lipinski definition) is 4. The van der Waals surface area contributed by atoms with Crippen LogP contribution in [0.3, 0.4) is 0 Å². The van der Waals surface area contributed by atoms with Crippen LogP contribution in [0.15, 0.2) is 24.3 Å². The standard InChI is InChI=1S/C8H8N2O3S/c9-8(11)14-5-6-3-1-2-4-7(6)10(12)13/h1-4H,5H2,(H2,9,11). The van der Waals surface area contributed by atoms with Crippen LogP contribution in [0.25, 0.3) is 0 Å². The summed E-state index contributed by atoms with van der Waals surface area (Å²) in [6.07, 6.45) is 0. The number of para-hydroxylation sites is 1. The van der Waals surface area contributed by atoms with Gasteiger partial charge < -0.3 is 5.73 Å². The fourth-order valence-electron chi connectivity index (χ4n) is 0.960. The van der Waals surface area contributed by atoms with Crippen molar-refractivity contribution in [3.8, 4) is 0 Å². The number of benzene rings is 1. The summed E-state index contributed by atoms with van der Waals surface area (Å²) in [5, 5.41) is 10.0. The van der Waals surface area contributed by atoms with Crippen molar-refractivity contribution in [3.05, 3.63) is 39.9 Å². The summed E-state index contributed by atoms with van der Waals surface area (Å²) in [5.74, 6) is 0.229. The fraction of sp³-hybridized carbons (Fsp3) is 0.125. The first-order chi connectivity index (χ1) is 6.61. The highest BCUT2D eigenvalue weighted by Crippen LogP contribution is 2.22. The van der Waals surface area contributed by atoms with Crippen molar-refractivity contribution < 1.29 is 9.72 Å². The van der Waals surface area contributed by atoms with E-state index in [1.54, 1.807) is 18.2 Å². The molecule has 5 nitrogen and oxygen atoms in total. The summed E-state index contributed by atoms with van der Waals surface area (Å²) in [6.45, 7) is 0. The molecule has 1 rings (SSSR count). The number of primary amides is 1. The molecule has 14 heavy (non-hydrogen) atoms. The number of thioether (sulfide) groups is 1. The zero-order chi connectivity index (χ0) is 10.6. The summed E-state index contributed by atoms with van der Waals surface area (Å²) in [4.78, 5) is 20.5. The van der Waals surface area contributed by atoms with E-state index >= 15 is 0 Å². The van der Waals surface area contributed by atoms with Gasteiger partial charge in [0.05, 0.1) is 4.92 Å². The van der Waals surface area contributed by atoms with Crippen LogP contribution in [0.2, 0.25) is 0 Å². The average molecular weight is 212 g/mol. The van der Waals surface area contributed by atoms with E-state index < -0.39 is 10.2 Å². The van der Waals surface area contributed by atoms with Gasteiger partial charge in [0.25, 0.3) is 10.9 Å². The lowest BCUT2D eigenvalue weighted by Crippen LogP contribution is -2.03. The normalized spacial score (nSPS) is 9.71. The molecule has 0 saturated carbocycles. The van der Waals surface area contributed by atoms with Gasteiger partial charge >= 0.3 is 0 Å². The van der Waals surface area contributed by atoms with Crippen LogP contribution in [0.5, 0.6) is 0 Å². The topological polar surface area (TPSA) is 86.2 Å². The molecule has 0 heterocycles. The van der Waals surface area contributed by atoms with E-state index in [-0.39, 0.29) is 11.4 Å². The van der Waals surface area contributed by atoms with Crippen LogP contribution < -0.4 is 5.73 Å². The van der Waals surface area contributed by atoms with Crippen LogP contribution >= 0.6 is 11.8 Å². The van der Waals surface area contributed by atoms with E-state index in [1.807, 2.05) is 0 Å². The molecule has 0 atom stereocenters. The Balaban J connectivity index is 2.84. The van der Waals surface area contributed by atoms with E-state index in [9.17, 15) is 14.9 Å². The van der Waals surface area contributed by atoms with Crippen molar-refractivity contribution in [1.82, 2.24) is 0 Å². The molecule has 0 saturated heterocycles. The first-order valence-electron chi connectivity index (χ1n) is 3.76. The van der Waals surface area contributed by atoms with E-state index in [0.717, 1.165) is 11.8 Å². The maximum Gasteiger partial charge on any atom is 0.276 e. The van der Waals surface area contributed by atoms with Crippen LogP contribution in [-0.4, -0.2) is 10.2 Å². The number of nitrogens with two attached hydrogens (primary N) is 1. The molecule has 74 valence electrons. The third-order valence-corrected chi connectivity index (χ3v) is 2.30. The Labute approximate surface area is 84.4 Å². The third kappa shape index (κ3) is 2.74. The summed E-state index contributed by atoms with van der Waals surface area (Å²) in [7, 11) is 0. The molecule has 0 radical (unpaired) electrons. The second-order valence-electron chi connectivity index (χ2n) is 2.49. The zero-order valence-corrected chi connectivity index (χ0v) is 7.99. The van der Waals surface area contributed by atoms with Crippen molar-refractivity contribution in [3.63, 3.8) is 0 Å². The summed E-state index contributed by atoms with van der Waals surface area (Å²) < 4.78 is 0. The van der Waals surface area contributed by atoms with E-state index in [4.69, 9.17) is 5.73 Å². The van der Waals surface area contributed by atoms with Gasteiger partial charge in [-0.3, -0.25) is 14.9 Å². The molecule has 0 spiro atoms. The van der Waals surface area contributed by atoms with Crippen molar-refractivity contribution in [2.45, 2.75) is 5.75 Å². The third-order valence-electron chi connectivity index (χ3n) is 1.56. The first kappa shape index (κ1) is 10.5. The highest BCUT2D eigenvalue weighted by Gasteiger charge is 2.12. The molecule has 0 unspecified atom stereocenters. The molecule has 1 aromatic carbocycles. The van der Waals surface area contributed by atoms with Crippen LogP contribution in [-0.2, 0) is 5.75 Å². The maximum atomic E-state index is 10.5. The molecule has 0 aliphatic carbocycles. The minimum atomic E-state index is -0.539. The van der Waals surface area contributed by atoms with E-state index in [2.05, 4.69) is 0 Å². The van der Waals surface area contributed by atoms with Gasteiger partial charge in [0.1, 0.15) is 0 Å². The first-order valence-corrected chi connectivity index (χ1v) is 4.74. The molecule has 0 bridgehead atoms. The van der Waals surface area contributed by atoms with E-state index in [0.29, 0.717) is 5.56 Å². The van der Waals surface area contributed by atoms with Gasteiger partial charge in [0.2, 0.25) is 0 Å². The minimum absolute atomic E-state index is 0.0150. The Morgan fingerprint density at radius 2 is 2.14 bits per heavy atom. The number of nitrogens with zero attached hydrogens (tertiary/aromatic N) is 1. The van der Waals surface area contributed by atoms with Crippen molar-refractivity contribution in [2.24, 2.45) is 5.73 Å². The Bertz CT molecular complexity index is 367. The Morgan fingerprint density at radius 3 is 2.71 bits per heavy atom. The Morgan fingerprint density at radius 1 is 1.50 bits per heavy atom. The van der Waals surface area contributed by atoms with E-state index in [1.165, 1.54) is 6.07 Å². The number of nitro groups is 1. The second kappa shape index (κ2) is 4.61. The Hall–Kier alpha value is -1.56. The summed E-state index contributed by atoms with van der Waals surface area (Å²) >= 11 is 0.850. The molecular weight excluding hydrogens is 204 g/mol. The number of nitro benzene ring substituents is 1. The van der Waals surface area contributed by atoms with Gasteiger partial charge in [0.15, 0.2) is 0 Å². The lowest BCUT2D eigenvalue weighted by atomic mass is 10.2. The van der Waals surface area contributed by atoms with Gasteiger partial charge in [-0.1, -0.05) is 30.0 Å². The lowest BCUT2D eigenvalue weighted by molar-refractivity contribution is -0.385. The number of hydrogen-bond donors (Lipinski definition) is 1. The van der Waals surface area contributed by atoms with Gasteiger partial charge in [-0.15, -0.1) is 0 Å². The predicted molar refractivity (Wildman–Crippen MR) is 54.0 cm³/mol. The molecule has 2 N–H and O–H groups in total. The van der Waals surface area contributed by atoms with Gasteiger partial charge in [0, 0.05) is 17.4 Å². The molecule has 0 aliphatic heterocycles. The van der Waals surface area contributed by atoms with Gasteiger partial charge in [-0.05, 0) is 0 Å². The fourth-order valence-corrected chi connectivity index (χ4v) is 1.50. The van der Waals surface area contributed by atoms with Crippen molar-refractivity contribution in [2.75, 3.05) is 0 Å². The molecular formula is C8H8N2O3S. The molecule has 1 amide bonds. The van der Waals surface area contributed by atoms with Crippen molar-refractivity contribution in [1.29, 1.82) is 0 Å². The molecule has 0 aliphatic rings. The Kier molecular flexibility index (Phi) is 3.47. The highest BCUT2D eigenvalue weighted by atomic mass is 32.2. The zero-order valence-electron chi connectivity index (χ0n) is 7.17. The molecule has 0 fully saturated rings. The molecule has 0 aromatic heterocycles. The maximum absolute atomic E-state index is 10.5. The number of rotatable bonds is 3. The number of amides is 1. The minimum Gasteiger partial charge on any atom is -0.361 e. The smallest absolute Gasteiger partial charge is 0.276 e. The molecule has 1 aromatic rings. The summed E-state index contributed by atoms with van der Waals surface area (Å²) in [6, 6.07) is 6.27. The summed E-state index contributed by atoms with van der Waals surface area (Å²) in [5.41, 5.74) is 5.44. The van der Waals surface area contributed by atoms with Gasteiger partial charge in [-0.2, -0.15) is 0 Å². The van der Waals surface area contributed by atoms with Crippen molar-refractivity contribution >= 4 is 22.7 Å². The van der Waals surface area contributed by atoms with Crippen LogP contribution in [0.1, 0.15) is 5.56 Å². The van der Waals surface area contributed by atoms with Gasteiger partial charge in [-0.25, -0.2) is 0 Å². The van der Waals surface area contributed by atoms with Crippen LogP contribution in [0, 0.1) is 10.1 Å². The largest absolute Gasteiger partial charge is 0.361 e. The SMILES string of the molecule is NC(=O)SCc1ccccc1[N+](=O)[O-]. The number of carbonyl (C=O) groups excluding carboxylic acids is 1. The monoisotopic (exact) mass is 212 g/mol.